The second kappa shape index (κ2) is 5.97. The molecule has 0 bridgehead atoms. The van der Waals surface area contributed by atoms with Crippen molar-refractivity contribution in [2.24, 2.45) is 0 Å². The maximum Gasteiger partial charge on any atom is 0.435 e. The summed E-state index contributed by atoms with van der Waals surface area (Å²) in [5.41, 5.74) is -0.102. The van der Waals surface area contributed by atoms with Gasteiger partial charge < -0.3 is 0 Å². The van der Waals surface area contributed by atoms with Crippen LogP contribution in [0.1, 0.15) is 56.5 Å². The molecule has 1 heterocycles. The van der Waals surface area contributed by atoms with Crippen molar-refractivity contribution in [3.63, 3.8) is 0 Å². The number of hydrogen-bond acceptors (Lipinski definition) is 3. The van der Waals surface area contributed by atoms with Gasteiger partial charge in [0.05, 0.1) is 6.04 Å². The molecule has 1 aromatic heterocycles. The van der Waals surface area contributed by atoms with Crippen molar-refractivity contribution in [1.82, 2.24) is 14.5 Å². The van der Waals surface area contributed by atoms with Crippen molar-refractivity contribution in [3.8, 4) is 0 Å². The lowest BCUT2D eigenvalue weighted by molar-refractivity contribution is -0.141. The highest BCUT2D eigenvalue weighted by atomic mass is 32.2. The number of rotatable bonds is 4. The normalized spacial score (nSPS) is 23.8. The van der Waals surface area contributed by atoms with Crippen LogP contribution < -0.4 is 4.72 Å². The molecule has 1 aliphatic rings. The molecule has 0 saturated heterocycles. The molecule has 2 rings (SSSR count). The molecular formula is C13H20F3N3S. The van der Waals surface area contributed by atoms with Gasteiger partial charge in [0.15, 0.2) is 5.69 Å². The van der Waals surface area contributed by atoms with Crippen LogP contribution >= 0.6 is 11.9 Å². The molecule has 1 fully saturated rings. The minimum Gasteiger partial charge on any atom is -0.266 e. The SMILES string of the molecule is CSNC1CCC(n2nc(C(F)(F)F)cc2C(C)C)C1. The van der Waals surface area contributed by atoms with Crippen LogP contribution in [0.5, 0.6) is 0 Å². The van der Waals surface area contributed by atoms with Crippen LogP contribution in [0.4, 0.5) is 13.2 Å². The summed E-state index contributed by atoms with van der Waals surface area (Å²) >= 11 is 1.56. The topological polar surface area (TPSA) is 29.9 Å². The molecule has 0 amide bonds. The summed E-state index contributed by atoms with van der Waals surface area (Å²) in [5.74, 6) is 0.0335. The minimum absolute atomic E-state index is 0.0335. The standard InChI is InChI=1S/C13H20F3N3S/c1-8(2)11-7-12(13(14,15)16)17-19(11)10-5-4-9(6-10)18-20-3/h7-10,18H,4-6H2,1-3H3. The zero-order valence-corrected chi connectivity index (χ0v) is 12.7. The fourth-order valence-corrected chi connectivity index (χ4v) is 3.27. The van der Waals surface area contributed by atoms with Crippen molar-refractivity contribution in [2.75, 3.05) is 6.26 Å². The summed E-state index contributed by atoms with van der Waals surface area (Å²) in [7, 11) is 0. The van der Waals surface area contributed by atoms with Crippen molar-refractivity contribution in [2.45, 2.75) is 57.3 Å². The predicted molar refractivity (Wildman–Crippen MR) is 74.6 cm³/mol. The van der Waals surface area contributed by atoms with Gasteiger partial charge in [-0.15, -0.1) is 0 Å². The Labute approximate surface area is 121 Å². The molecule has 1 aliphatic carbocycles. The van der Waals surface area contributed by atoms with Crippen molar-refractivity contribution < 1.29 is 13.2 Å². The number of aromatic nitrogens is 2. The average Bonchev–Trinajstić information content (AvgIpc) is 2.93. The Morgan fingerprint density at radius 1 is 1.40 bits per heavy atom. The highest BCUT2D eigenvalue weighted by Gasteiger charge is 2.37. The number of halogens is 3. The molecule has 1 N–H and O–H groups in total. The van der Waals surface area contributed by atoms with Crippen LogP contribution in [0.2, 0.25) is 0 Å². The fourth-order valence-electron chi connectivity index (χ4n) is 2.72. The van der Waals surface area contributed by atoms with E-state index in [0.717, 1.165) is 19.3 Å². The van der Waals surface area contributed by atoms with Gasteiger partial charge in [-0.1, -0.05) is 25.8 Å². The molecule has 7 heteroatoms. The Morgan fingerprint density at radius 2 is 2.10 bits per heavy atom. The Kier molecular flexibility index (Phi) is 4.69. The predicted octanol–water partition coefficient (Wildman–Crippen LogP) is 3.99. The fraction of sp³-hybridized carbons (Fsp3) is 0.769. The Balaban J connectivity index is 2.25. The van der Waals surface area contributed by atoms with E-state index in [4.69, 9.17) is 0 Å². The second-order valence-corrected chi connectivity index (χ2v) is 6.18. The molecule has 3 nitrogen and oxygen atoms in total. The van der Waals surface area contributed by atoms with E-state index in [1.54, 1.807) is 16.6 Å². The van der Waals surface area contributed by atoms with Gasteiger partial charge >= 0.3 is 6.18 Å². The van der Waals surface area contributed by atoms with Crippen LogP contribution in [0.3, 0.4) is 0 Å². The van der Waals surface area contributed by atoms with Crippen molar-refractivity contribution in [3.05, 3.63) is 17.5 Å². The van der Waals surface area contributed by atoms with Crippen molar-refractivity contribution in [1.29, 1.82) is 0 Å². The molecular weight excluding hydrogens is 287 g/mol. The van der Waals surface area contributed by atoms with Gasteiger partial charge in [-0.05, 0) is 37.5 Å². The van der Waals surface area contributed by atoms with Crippen LogP contribution in [-0.4, -0.2) is 22.1 Å². The van der Waals surface area contributed by atoms with Gasteiger partial charge in [-0.3, -0.25) is 9.40 Å². The number of hydrogen-bond donors (Lipinski definition) is 1. The average molecular weight is 307 g/mol. The third kappa shape index (κ3) is 3.31. The quantitative estimate of drug-likeness (QED) is 0.853. The first-order chi connectivity index (χ1) is 9.32. The lowest BCUT2D eigenvalue weighted by atomic mass is 10.1. The van der Waals surface area contributed by atoms with Gasteiger partial charge in [-0.25, -0.2) is 0 Å². The number of nitrogens with zero attached hydrogens (tertiary/aromatic N) is 2. The van der Waals surface area contributed by atoms with E-state index in [-0.39, 0.29) is 12.0 Å². The van der Waals surface area contributed by atoms with Crippen LogP contribution in [0, 0.1) is 0 Å². The highest BCUT2D eigenvalue weighted by Crippen LogP contribution is 2.36. The summed E-state index contributed by atoms with van der Waals surface area (Å²) < 4.78 is 43.4. The molecule has 114 valence electrons. The largest absolute Gasteiger partial charge is 0.435 e. The first-order valence-corrected chi connectivity index (χ1v) is 8.00. The molecule has 2 unspecified atom stereocenters. The highest BCUT2D eigenvalue weighted by molar-refractivity contribution is 7.96. The molecule has 0 spiro atoms. The molecule has 0 aliphatic heterocycles. The summed E-state index contributed by atoms with van der Waals surface area (Å²) in [6.45, 7) is 3.81. The van der Waals surface area contributed by atoms with Gasteiger partial charge in [0.25, 0.3) is 0 Å². The third-order valence-electron chi connectivity index (χ3n) is 3.68. The molecule has 0 radical (unpaired) electrons. The van der Waals surface area contributed by atoms with Gasteiger partial charge in [0, 0.05) is 11.7 Å². The maximum absolute atomic E-state index is 12.8. The monoisotopic (exact) mass is 307 g/mol. The Morgan fingerprint density at radius 3 is 2.65 bits per heavy atom. The van der Waals surface area contributed by atoms with E-state index < -0.39 is 11.9 Å². The Bertz CT molecular complexity index is 456. The maximum atomic E-state index is 12.8. The zero-order valence-electron chi connectivity index (χ0n) is 11.9. The molecule has 0 aromatic carbocycles. The van der Waals surface area contributed by atoms with Gasteiger partial charge in [0.1, 0.15) is 0 Å². The smallest absolute Gasteiger partial charge is 0.266 e. The molecule has 1 saturated carbocycles. The Hall–Kier alpha value is -0.690. The summed E-state index contributed by atoms with van der Waals surface area (Å²) in [4.78, 5) is 0. The second-order valence-electron chi connectivity index (χ2n) is 5.54. The lowest BCUT2D eigenvalue weighted by Gasteiger charge is -2.17. The summed E-state index contributed by atoms with van der Waals surface area (Å²) in [6.07, 6.45) is 0.271. The molecule has 2 atom stereocenters. The van der Waals surface area contributed by atoms with E-state index in [2.05, 4.69) is 9.82 Å². The number of nitrogens with one attached hydrogen (secondary N) is 1. The lowest BCUT2D eigenvalue weighted by Crippen LogP contribution is -2.20. The molecule has 20 heavy (non-hydrogen) atoms. The van der Waals surface area contributed by atoms with Gasteiger partial charge in [-0.2, -0.15) is 18.3 Å². The van der Waals surface area contributed by atoms with E-state index in [0.29, 0.717) is 11.7 Å². The summed E-state index contributed by atoms with van der Waals surface area (Å²) in [5, 5.41) is 3.84. The first kappa shape index (κ1) is 15.7. The third-order valence-corrected chi connectivity index (χ3v) is 4.25. The zero-order chi connectivity index (χ0) is 14.9. The molecule has 1 aromatic rings. The van der Waals surface area contributed by atoms with E-state index >= 15 is 0 Å². The van der Waals surface area contributed by atoms with Gasteiger partial charge in [0.2, 0.25) is 0 Å². The van der Waals surface area contributed by atoms with Crippen molar-refractivity contribution >= 4 is 11.9 Å². The van der Waals surface area contributed by atoms with Crippen LogP contribution in [0.25, 0.3) is 0 Å². The van der Waals surface area contributed by atoms with E-state index in [9.17, 15) is 13.2 Å². The number of alkyl halides is 3. The van der Waals surface area contributed by atoms with Crippen LogP contribution in [-0.2, 0) is 6.18 Å². The summed E-state index contributed by atoms with van der Waals surface area (Å²) in [6, 6.07) is 1.61. The minimum atomic E-state index is -4.37. The van der Waals surface area contributed by atoms with E-state index in [1.807, 2.05) is 20.1 Å². The van der Waals surface area contributed by atoms with Crippen LogP contribution in [0.15, 0.2) is 6.07 Å². The first-order valence-electron chi connectivity index (χ1n) is 6.78. The van der Waals surface area contributed by atoms with E-state index in [1.165, 1.54) is 6.07 Å².